The Bertz CT molecular complexity index is 383. The van der Waals surface area contributed by atoms with Crippen molar-refractivity contribution in [2.75, 3.05) is 11.9 Å². The number of hydrogen-bond acceptors (Lipinski definition) is 2. The number of aryl methyl sites for hydroxylation is 1. The number of carboxylic acids is 1. The number of rotatable bonds is 4. The number of nitrogens with one attached hydrogen (secondary N) is 1. The average molecular weight is 205 g/mol. The first kappa shape index (κ1) is 11.3. The minimum absolute atomic E-state index is 0.357. The Morgan fingerprint density at radius 3 is 2.73 bits per heavy atom. The lowest BCUT2D eigenvalue weighted by Crippen LogP contribution is -2.03. The SMILES string of the molecule is C/C(=C/CNc1ccccc1C)C(=O)O. The van der Waals surface area contributed by atoms with E-state index in [1.54, 1.807) is 13.0 Å². The van der Waals surface area contributed by atoms with E-state index in [-0.39, 0.29) is 0 Å². The number of carboxylic acid groups (broad SMARTS) is 1. The maximum Gasteiger partial charge on any atom is 0.331 e. The molecule has 0 radical (unpaired) electrons. The van der Waals surface area contributed by atoms with Crippen molar-refractivity contribution in [2.24, 2.45) is 0 Å². The third-order valence-corrected chi connectivity index (χ3v) is 2.18. The van der Waals surface area contributed by atoms with Gasteiger partial charge in [0.25, 0.3) is 0 Å². The summed E-state index contributed by atoms with van der Waals surface area (Å²) in [5.74, 6) is -0.874. The van der Waals surface area contributed by atoms with Gasteiger partial charge >= 0.3 is 5.97 Å². The van der Waals surface area contributed by atoms with E-state index in [9.17, 15) is 4.79 Å². The molecule has 0 saturated carbocycles. The summed E-state index contributed by atoms with van der Waals surface area (Å²) in [6.07, 6.45) is 1.66. The van der Waals surface area contributed by atoms with E-state index in [2.05, 4.69) is 5.32 Å². The fourth-order valence-corrected chi connectivity index (χ4v) is 1.17. The molecule has 0 saturated heterocycles. The van der Waals surface area contributed by atoms with Gasteiger partial charge in [0, 0.05) is 17.8 Å². The second-order valence-electron chi connectivity index (χ2n) is 3.39. The molecule has 0 heterocycles. The predicted molar refractivity (Wildman–Crippen MR) is 61.1 cm³/mol. The normalized spacial score (nSPS) is 11.2. The first-order valence-corrected chi connectivity index (χ1v) is 4.81. The monoisotopic (exact) mass is 205 g/mol. The first-order valence-electron chi connectivity index (χ1n) is 4.81. The van der Waals surface area contributed by atoms with Crippen LogP contribution in [0, 0.1) is 6.92 Å². The molecule has 1 rings (SSSR count). The highest BCUT2D eigenvalue weighted by Gasteiger charge is 1.98. The number of hydrogen-bond donors (Lipinski definition) is 2. The highest BCUT2D eigenvalue weighted by atomic mass is 16.4. The Kier molecular flexibility index (Phi) is 3.92. The van der Waals surface area contributed by atoms with Gasteiger partial charge in [-0.1, -0.05) is 24.3 Å². The number of benzene rings is 1. The summed E-state index contributed by atoms with van der Waals surface area (Å²) < 4.78 is 0. The molecule has 0 atom stereocenters. The Balaban J connectivity index is 2.55. The van der Waals surface area contributed by atoms with Crippen molar-refractivity contribution in [3.63, 3.8) is 0 Å². The fraction of sp³-hybridized carbons (Fsp3) is 0.250. The first-order chi connectivity index (χ1) is 7.11. The van der Waals surface area contributed by atoms with Crippen LogP contribution in [-0.4, -0.2) is 17.6 Å². The zero-order valence-electron chi connectivity index (χ0n) is 8.95. The predicted octanol–water partition coefficient (Wildman–Crippen LogP) is 2.44. The molecule has 80 valence electrons. The molecule has 0 fully saturated rings. The molecule has 15 heavy (non-hydrogen) atoms. The van der Waals surface area contributed by atoms with Crippen molar-refractivity contribution in [2.45, 2.75) is 13.8 Å². The van der Waals surface area contributed by atoms with Crippen LogP contribution in [0.5, 0.6) is 0 Å². The van der Waals surface area contributed by atoms with Crippen LogP contribution in [0.4, 0.5) is 5.69 Å². The smallest absolute Gasteiger partial charge is 0.331 e. The minimum Gasteiger partial charge on any atom is -0.478 e. The summed E-state index contributed by atoms with van der Waals surface area (Å²) in [5, 5.41) is 11.8. The van der Waals surface area contributed by atoms with Gasteiger partial charge in [-0.2, -0.15) is 0 Å². The number of carbonyl (C=O) groups is 1. The van der Waals surface area contributed by atoms with Crippen LogP contribution in [0.1, 0.15) is 12.5 Å². The molecule has 1 aromatic rings. The van der Waals surface area contributed by atoms with Crippen LogP contribution in [0.15, 0.2) is 35.9 Å². The van der Waals surface area contributed by atoms with Crippen LogP contribution < -0.4 is 5.32 Å². The van der Waals surface area contributed by atoms with Crippen molar-refractivity contribution >= 4 is 11.7 Å². The van der Waals surface area contributed by atoms with E-state index in [0.29, 0.717) is 12.1 Å². The van der Waals surface area contributed by atoms with Gasteiger partial charge in [-0.3, -0.25) is 0 Å². The molecule has 0 spiro atoms. The van der Waals surface area contributed by atoms with Gasteiger partial charge < -0.3 is 10.4 Å². The van der Waals surface area contributed by atoms with Gasteiger partial charge in [-0.15, -0.1) is 0 Å². The van der Waals surface area contributed by atoms with Gasteiger partial charge in [-0.25, -0.2) is 4.79 Å². The lowest BCUT2D eigenvalue weighted by atomic mass is 10.2. The molecule has 0 unspecified atom stereocenters. The highest BCUT2D eigenvalue weighted by Crippen LogP contribution is 2.12. The average Bonchev–Trinajstić information content (AvgIpc) is 2.20. The van der Waals surface area contributed by atoms with Gasteiger partial charge in [0.05, 0.1) is 0 Å². The zero-order valence-corrected chi connectivity index (χ0v) is 8.95. The molecule has 0 bridgehead atoms. The molecular weight excluding hydrogens is 190 g/mol. The summed E-state index contributed by atoms with van der Waals surface area (Å²) in [5.41, 5.74) is 2.54. The van der Waals surface area contributed by atoms with Crippen molar-refractivity contribution in [1.82, 2.24) is 0 Å². The lowest BCUT2D eigenvalue weighted by Gasteiger charge is -2.06. The third kappa shape index (κ3) is 3.46. The third-order valence-electron chi connectivity index (χ3n) is 2.18. The molecule has 0 aliphatic rings. The maximum absolute atomic E-state index is 10.5. The minimum atomic E-state index is -0.874. The van der Waals surface area contributed by atoms with E-state index in [1.165, 1.54) is 0 Å². The van der Waals surface area contributed by atoms with Gasteiger partial charge in [0.1, 0.15) is 0 Å². The summed E-state index contributed by atoms with van der Waals surface area (Å²) in [4.78, 5) is 10.5. The zero-order chi connectivity index (χ0) is 11.3. The molecule has 0 amide bonds. The maximum atomic E-state index is 10.5. The second kappa shape index (κ2) is 5.20. The number of aliphatic carboxylic acids is 1. The topological polar surface area (TPSA) is 49.3 Å². The summed E-state index contributed by atoms with van der Waals surface area (Å²) in [7, 11) is 0. The van der Waals surface area contributed by atoms with Crippen molar-refractivity contribution < 1.29 is 9.90 Å². The van der Waals surface area contributed by atoms with E-state index in [4.69, 9.17) is 5.11 Å². The Morgan fingerprint density at radius 1 is 1.47 bits per heavy atom. The number of anilines is 1. The molecule has 3 heteroatoms. The molecule has 2 N–H and O–H groups in total. The van der Waals surface area contributed by atoms with Gasteiger partial charge in [0.2, 0.25) is 0 Å². The lowest BCUT2D eigenvalue weighted by molar-refractivity contribution is -0.132. The summed E-state index contributed by atoms with van der Waals surface area (Å²) in [6.45, 7) is 4.13. The highest BCUT2D eigenvalue weighted by molar-refractivity contribution is 5.85. The number of para-hydroxylation sites is 1. The van der Waals surface area contributed by atoms with Crippen LogP contribution >= 0.6 is 0 Å². The van der Waals surface area contributed by atoms with Crippen molar-refractivity contribution in [3.05, 3.63) is 41.5 Å². The summed E-state index contributed by atoms with van der Waals surface area (Å²) >= 11 is 0. The summed E-state index contributed by atoms with van der Waals surface area (Å²) in [6, 6.07) is 7.90. The standard InChI is InChI=1S/C12H15NO2/c1-9-5-3-4-6-11(9)13-8-7-10(2)12(14)15/h3-7,13H,8H2,1-2H3,(H,14,15)/b10-7-. The fourth-order valence-electron chi connectivity index (χ4n) is 1.17. The van der Waals surface area contributed by atoms with E-state index in [1.807, 2.05) is 31.2 Å². The van der Waals surface area contributed by atoms with Crippen LogP contribution in [0.25, 0.3) is 0 Å². The molecule has 1 aromatic carbocycles. The van der Waals surface area contributed by atoms with E-state index >= 15 is 0 Å². The molecular formula is C12H15NO2. The Labute approximate surface area is 89.4 Å². The van der Waals surface area contributed by atoms with Gasteiger partial charge in [-0.05, 0) is 25.5 Å². The largest absolute Gasteiger partial charge is 0.478 e. The molecule has 0 aromatic heterocycles. The van der Waals surface area contributed by atoms with Crippen LogP contribution in [0.3, 0.4) is 0 Å². The van der Waals surface area contributed by atoms with Crippen molar-refractivity contribution in [1.29, 1.82) is 0 Å². The quantitative estimate of drug-likeness (QED) is 0.742. The van der Waals surface area contributed by atoms with Gasteiger partial charge in [0.15, 0.2) is 0 Å². The Hall–Kier alpha value is -1.77. The Morgan fingerprint density at radius 2 is 2.13 bits per heavy atom. The van der Waals surface area contributed by atoms with E-state index < -0.39 is 5.97 Å². The molecule has 0 aliphatic carbocycles. The second-order valence-corrected chi connectivity index (χ2v) is 3.39. The molecule has 3 nitrogen and oxygen atoms in total. The van der Waals surface area contributed by atoms with Crippen LogP contribution in [0.2, 0.25) is 0 Å². The van der Waals surface area contributed by atoms with Crippen LogP contribution in [-0.2, 0) is 4.79 Å². The van der Waals surface area contributed by atoms with Crippen molar-refractivity contribution in [3.8, 4) is 0 Å². The molecule has 0 aliphatic heterocycles. The van der Waals surface area contributed by atoms with E-state index in [0.717, 1.165) is 11.3 Å².